The molecule has 3 aromatic rings. The molecule has 106 valence electrons. The number of nitrogens with zero attached hydrogens (tertiary/aromatic N) is 4. The van der Waals surface area contributed by atoms with Crippen LogP contribution in [0.5, 0.6) is 0 Å². The average molecular weight is 297 g/mol. The van der Waals surface area contributed by atoms with Gasteiger partial charge in [0.25, 0.3) is 0 Å². The molecule has 0 saturated carbocycles. The minimum atomic E-state index is 0.422. The summed E-state index contributed by atoms with van der Waals surface area (Å²) in [6.45, 7) is 0.727. The van der Waals surface area contributed by atoms with Crippen molar-refractivity contribution < 1.29 is 0 Å². The van der Waals surface area contributed by atoms with Gasteiger partial charge in [0.05, 0.1) is 11.9 Å². The third-order valence-corrected chi connectivity index (χ3v) is 4.58. The molecule has 1 atom stereocenters. The van der Waals surface area contributed by atoms with Gasteiger partial charge in [0.15, 0.2) is 0 Å². The van der Waals surface area contributed by atoms with Crippen molar-refractivity contribution in [3.05, 3.63) is 58.9 Å². The largest absolute Gasteiger partial charge is 0.304 e. The summed E-state index contributed by atoms with van der Waals surface area (Å²) in [5, 5.41) is 14.7. The molecule has 4 rings (SSSR count). The van der Waals surface area contributed by atoms with E-state index in [9.17, 15) is 0 Å². The fourth-order valence-electron chi connectivity index (χ4n) is 2.80. The first-order valence-electron chi connectivity index (χ1n) is 7.02. The van der Waals surface area contributed by atoms with E-state index in [0.29, 0.717) is 6.04 Å². The van der Waals surface area contributed by atoms with Gasteiger partial charge in [0, 0.05) is 24.2 Å². The highest BCUT2D eigenvalue weighted by Crippen LogP contribution is 2.30. The van der Waals surface area contributed by atoms with Gasteiger partial charge < -0.3 is 5.32 Å². The summed E-state index contributed by atoms with van der Waals surface area (Å²) in [4.78, 5) is 4.23. The van der Waals surface area contributed by atoms with Crippen LogP contribution in [0, 0.1) is 0 Å². The van der Waals surface area contributed by atoms with E-state index < -0.39 is 0 Å². The SMILES string of the molecule is c1ccc2c(c1)CCC2NCc1cn(-c2nccs2)nn1. The molecule has 2 heterocycles. The summed E-state index contributed by atoms with van der Waals surface area (Å²) in [6, 6.07) is 9.08. The quantitative estimate of drug-likeness (QED) is 0.804. The van der Waals surface area contributed by atoms with Crippen LogP contribution in [0.2, 0.25) is 0 Å². The van der Waals surface area contributed by atoms with E-state index >= 15 is 0 Å². The van der Waals surface area contributed by atoms with Crippen LogP contribution in [0.3, 0.4) is 0 Å². The molecule has 1 unspecified atom stereocenters. The summed E-state index contributed by atoms with van der Waals surface area (Å²) in [5.41, 5.74) is 3.82. The topological polar surface area (TPSA) is 55.6 Å². The van der Waals surface area contributed by atoms with Gasteiger partial charge in [-0.25, -0.2) is 4.98 Å². The van der Waals surface area contributed by atoms with E-state index in [1.807, 2.05) is 11.6 Å². The van der Waals surface area contributed by atoms with Crippen molar-refractivity contribution in [2.45, 2.75) is 25.4 Å². The Bertz CT molecular complexity index is 734. The second kappa shape index (κ2) is 5.38. The second-order valence-corrected chi connectivity index (χ2v) is 6.01. The van der Waals surface area contributed by atoms with Crippen molar-refractivity contribution in [2.75, 3.05) is 0 Å². The fourth-order valence-corrected chi connectivity index (χ4v) is 3.36. The number of aromatic nitrogens is 4. The Balaban J connectivity index is 1.44. The van der Waals surface area contributed by atoms with Gasteiger partial charge in [-0.3, -0.25) is 0 Å². The maximum atomic E-state index is 4.23. The Labute approximate surface area is 126 Å². The molecule has 0 spiro atoms. The van der Waals surface area contributed by atoms with E-state index in [2.05, 4.69) is 44.9 Å². The number of rotatable bonds is 4. The van der Waals surface area contributed by atoms with Gasteiger partial charge in [0.1, 0.15) is 0 Å². The number of hydrogen-bond acceptors (Lipinski definition) is 5. The highest BCUT2D eigenvalue weighted by molar-refractivity contribution is 7.12. The monoisotopic (exact) mass is 297 g/mol. The Morgan fingerprint density at radius 3 is 3.19 bits per heavy atom. The zero-order valence-electron chi connectivity index (χ0n) is 11.4. The molecule has 1 N–H and O–H groups in total. The van der Waals surface area contributed by atoms with E-state index in [1.165, 1.54) is 11.1 Å². The lowest BCUT2D eigenvalue weighted by Crippen LogP contribution is -2.18. The minimum absolute atomic E-state index is 0.422. The van der Waals surface area contributed by atoms with Crippen molar-refractivity contribution >= 4 is 11.3 Å². The molecule has 1 aliphatic carbocycles. The molecule has 1 aromatic carbocycles. The third kappa shape index (κ3) is 2.48. The Morgan fingerprint density at radius 1 is 1.33 bits per heavy atom. The first-order chi connectivity index (χ1) is 10.4. The minimum Gasteiger partial charge on any atom is -0.304 e. The number of benzene rings is 1. The average Bonchev–Trinajstić information content (AvgIpc) is 3.25. The van der Waals surface area contributed by atoms with Crippen molar-refractivity contribution in [3.8, 4) is 5.13 Å². The highest BCUT2D eigenvalue weighted by Gasteiger charge is 2.21. The molecule has 0 amide bonds. The normalized spacial score (nSPS) is 17.0. The summed E-state index contributed by atoms with van der Waals surface area (Å²) < 4.78 is 1.73. The van der Waals surface area contributed by atoms with Gasteiger partial charge in [-0.05, 0) is 24.0 Å². The number of aryl methyl sites for hydroxylation is 1. The van der Waals surface area contributed by atoms with Crippen LogP contribution in [-0.4, -0.2) is 20.0 Å². The highest BCUT2D eigenvalue weighted by atomic mass is 32.1. The molecule has 0 fully saturated rings. The van der Waals surface area contributed by atoms with Crippen LogP contribution >= 0.6 is 11.3 Å². The van der Waals surface area contributed by atoms with E-state index in [4.69, 9.17) is 0 Å². The summed E-state index contributed by atoms with van der Waals surface area (Å²) in [7, 11) is 0. The second-order valence-electron chi connectivity index (χ2n) is 5.14. The zero-order valence-corrected chi connectivity index (χ0v) is 12.3. The lowest BCUT2D eigenvalue weighted by Gasteiger charge is -2.12. The van der Waals surface area contributed by atoms with Gasteiger partial charge in [-0.1, -0.05) is 29.5 Å². The van der Waals surface area contributed by atoms with Crippen LogP contribution in [-0.2, 0) is 13.0 Å². The molecule has 0 saturated heterocycles. The molecule has 6 heteroatoms. The zero-order chi connectivity index (χ0) is 14.1. The predicted octanol–water partition coefficient (Wildman–Crippen LogP) is 2.50. The number of hydrogen-bond donors (Lipinski definition) is 1. The van der Waals surface area contributed by atoms with E-state index in [0.717, 1.165) is 30.2 Å². The standard InChI is InChI=1S/C15H15N5S/c1-2-4-13-11(3-1)5-6-14(13)17-9-12-10-20(19-18-12)15-16-7-8-21-15/h1-4,7-8,10,14,17H,5-6,9H2. The van der Waals surface area contributed by atoms with Crippen LogP contribution in [0.4, 0.5) is 0 Å². The summed E-state index contributed by atoms with van der Waals surface area (Å²) >= 11 is 1.55. The van der Waals surface area contributed by atoms with Crippen LogP contribution < -0.4 is 5.32 Å². The first kappa shape index (κ1) is 12.7. The van der Waals surface area contributed by atoms with Gasteiger partial charge >= 0.3 is 0 Å². The molecule has 1 aliphatic rings. The van der Waals surface area contributed by atoms with Crippen molar-refractivity contribution in [3.63, 3.8) is 0 Å². The molecule has 0 bridgehead atoms. The lowest BCUT2D eigenvalue weighted by atomic mass is 10.1. The predicted molar refractivity (Wildman–Crippen MR) is 81.4 cm³/mol. The lowest BCUT2D eigenvalue weighted by molar-refractivity contribution is 0.525. The summed E-state index contributed by atoms with van der Waals surface area (Å²) in [5.74, 6) is 0. The molecule has 21 heavy (non-hydrogen) atoms. The number of thiazole rings is 1. The van der Waals surface area contributed by atoms with Crippen LogP contribution in [0.1, 0.15) is 29.3 Å². The van der Waals surface area contributed by atoms with Gasteiger partial charge in [0.2, 0.25) is 5.13 Å². The van der Waals surface area contributed by atoms with Crippen LogP contribution in [0.15, 0.2) is 42.0 Å². The molecular weight excluding hydrogens is 282 g/mol. The molecule has 5 nitrogen and oxygen atoms in total. The maximum absolute atomic E-state index is 4.23. The van der Waals surface area contributed by atoms with Gasteiger partial charge in [-0.15, -0.1) is 16.4 Å². The molecule has 2 aromatic heterocycles. The molecule has 0 aliphatic heterocycles. The Hall–Kier alpha value is -2.05. The Morgan fingerprint density at radius 2 is 2.29 bits per heavy atom. The van der Waals surface area contributed by atoms with E-state index in [1.54, 1.807) is 22.2 Å². The van der Waals surface area contributed by atoms with Crippen LogP contribution in [0.25, 0.3) is 5.13 Å². The maximum Gasteiger partial charge on any atom is 0.211 e. The van der Waals surface area contributed by atoms with Crippen molar-refractivity contribution in [2.24, 2.45) is 0 Å². The third-order valence-electron chi connectivity index (χ3n) is 3.82. The van der Waals surface area contributed by atoms with Crippen molar-refractivity contribution in [1.29, 1.82) is 0 Å². The number of fused-ring (bicyclic) bond motifs is 1. The summed E-state index contributed by atoms with van der Waals surface area (Å²) in [6.07, 6.45) is 6.02. The fraction of sp³-hybridized carbons (Fsp3) is 0.267. The molecule has 0 radical (unpaired) electrons. The van der Waals surface area contributed by atoms with Crippen molar-refractivity contribution in [1.82, 2.24) is 25.3 Å². The smallest absolute Gasteiger partial charge is 0.211 e. The van der Waals surface area contributed by atoms with Gasteiger partial charge in [-0.2, -0.15) is 4.68 Å². The molecular formula is C15H15N5S. The van der Waals surface area contributed by atoms with E-state index in [-0.39, 0.29) is 0 Å². The number of nitrogens with one attached hydrogen (secondary N) is 1. The Kier molecular flexibility index (Phi) is 3.25. The first-order valence-corrected chi connectivity index (χ1v) is 7.90.